The maximum absolute atomic E-state index is 13.1. The third-order valence-corrected chi connectivity index (χ3v) is 6.40. The lowest BCUT2D eigenvalue weighted by molar-refractivity contribution is -0.118. The maximum atomic E-state index is 13.1. The van der Waals surface area contributed by atoms with Crippen molar-refractivity contribution >= 4 is 27.5 Å². The van der Waals surface area contributed by atoms with Gasteiger partial charge in [0.25, 0.3) is 11.8 Å². The molecule has 0 saturated carbocycles. The summed E-state index contributed by atoms with van der Waals surface area (Å²) < 4.78 is 25.9. The molecule has 0 fully saturated rings. The molecule has 7 nitrogen and oxygen atoms in total. The Hall–Kier alpha value is -3.49. The van der Waals surface area contributed by atoms with Crippen molar-refractivity contribution in [2.75, 3.05) is 19.4 Å². The number of benzene rings is 3. The zero-order valence-corrected chi connectivity index (χ0v) is 18.0. The second kappa shape index (κ2) is 9.55. The Kier molecular flexibility index (Phi) is 6.84. The van der Waals surface area contributed by atoms with Gasteiger partial charge in [-0.2, -0.15) is 0 Å². The van der Waals surface area contributed by atoms with E-state index in [4.69, 9.17) is 0 Å². The fraction of sp³-hybridized carbons (Fsp3) is 0.130. The lowest BCUT2D eigenvalue weighted by Gasteiger charge is -2.19. The van der Waals surface area contributed by atoms with Gasteiger partial charge in [0.1, 0.15) is 6.04 Å². The van der Waals surface area contributed by atoms with Crippen LogP contribution in [-0.4, -0.2) is 38.6 Å². The highest BCUT2D eigenvalue weighted by Crippen LogP contribution is 2.21. The van der Waals surface area contributed by atoms with Gasteiger partial charge in [0.15, 0.2) is 0 Å². The van der Waals surface area contributed by atoms with E-state index < -0.39 is 27.9 Å². The molecule has 0 saturated heterocycles. The minimum absolute atomic E-state index is 0.0554. The predicted molar refractivity (Wildman–Crippen MR) is 119 cm³/mol. The molecule has 0 spiro atoms. The van der Waals surface area contributed by atoms with Crippen molar-refractivity contribution < 1.29 is 18.0 Å². The number of hydrogen-bond donors (Lipinski definition) is 2. The lowest BCUT2D eigenvalue weighted by Crippen LogP contribution is -2.37. The molecule has 2 amide bonds. The summed E-state index contributed by atoms with van der Waals surface area (Å²) >= 11 is 0. The number of nitrogens with one attached hydrogen (secondary N) is 2. The lowest BCUT2D eigenvalue weighted by atomic mass is 10.1. The van der Waals surface area contributed by atoms with E-state index in [0.29, 0.717) is 16.8 Å². The molecule has 0 bridgehead atoms. The van der Waals surface area contributed by atoms with Crippen LogP contribution in [0.15, 0.2) is 89.8 Å². The van der Waals surface area contributed by atoms with Crippen LogP contribution < -0.4 is 10.6 Å². The minimum atomic E-state index is -3.65. The van der Waals surface area contributed by atoms with Crippen molar-refractivity contribution in [3.8, 4) is 0 Å². The van der Waals surface area contributed by atoms with Crippen LogP contribution in [0.3, 0.4) is 0 Å². The van der Waals surface area contributed by atoms with E-state index in [2.05, 4.69) is 10.6 Å². The van der Waals surface area contributed by atoms with Crippen molar-refractivity contribution in [2.24, 2.45) is 0 Å². The Morgan fingerprint density at radius 1 is 0.839 bits per heavy atom. The van der Waals surface area contributed by atoms with Crippen LogP contribution in [0.2, 0.25) is 0 Å². The van der Waals surface area contributed by atoms with Crippen LogP contribution in [0.25, 0.3) is 0 Å². The van der Waals surface area contributed by atoms with Gasteiger partial charge in [-0.05, 0) is 35.9 Å². The average molecular weight is 438 g/mol. The minimum Gasteiger partial charge on any atom is -0.336 e. The molecule has 1 unspecified atom stereocenters. The molecule has 160 valence electrons. The van der Waals surface area contributed by atoms with E-state index in [1.165, 1.54) is 26.2 Å². The number of nitrogens with zero attached hydrogens (tertiary/aromatic N) is 1. The summed E-state index contributed by atoms with van der Waals surface area (Å²) in [5.74, 6) is -0.886. The Bertz CT molecular complexity index is 1160. The SMILES string of the molecule is CN(C)S(=O)(=O)c1cccc(NC(=O)C(NC(=O)c2ccccc2)c2ccccc2)c1. The molecule has 3 rings (SSSR count). The normalized spacial score (nSPS) is 12.2. The van der Waals surface area contributed by atoms with Gasteiger partial charge in [-0.25, -0.2) is 12.7 Å². The molecule has 8 heteroatoms. The first-order valence-corrected chi connectivity index (χ1v) is 11.0. The van der Waals surface area contributed by atoms with Gasteiger partial charge in [-0.3, -0.25) is 9.59 Å². The first-order chi connectivity index (χ1) is 14.8. The number of rotatable bonds is 7. The van der Waals surface area contributed by atoms with Crippen LogP contribution in [0.1, 0.15) is 22.0 Å². The monoisotopic (exact) mass is 437 g/mol. The fourth-order valence-corrected chi connectivity index (χ4v) is 3.86. The van der Waals surface area contributed by atoms with Crippen molar-refractivity contribution in [3.05, 3.63) is 96.1 Å². The Morgan fingerprint density at radius 3 is 2.06 bits per heavy atom. The topological polar surface area (TPSA) is 95.6 Å². The van der Waals surface area contributed by atoms with E-state index in [9.17, 15) is 18.0 Å². The third kappa shape index (κ3) is 5.36. The smallest absolute Gasteiger partial charge is 0.252 e. The first kappa shape index (κ1) is 22.2. The second-order valence-electron chi connectivity index (χ2n) is 6.99. The van der Waals surface area contributed by atoms with Gasteiger partial charge in [0, 0.05) is 25.3 Å². The summed E-state index contributed by atoms with van der Waals surface area (Å²) in [5.41, 5.74) is 1.33. The van der Waals surface area contributed by atoms with E-state index in [-0.39, 0.29) is 4.90 Å². The molecule has 0 aliphatic heterocycles. The average Bonchev–Trinajstić information content (AvgIpc) is 2.78. The molecular weight excluding hydrogens is 414 g/mol. The van der Waals surface area contributed by atoms with Crippen molar-refractivity contribution in [3.63, 3.8) is 0 Å². The third-order valence-electron chi connectivity index (χ3n) is 4.59. The zero-order chi connectivity index (χ0) is 22.4. The number of sulfonamides is 1. The van der Waals surface area contributed by atoms with Gasteiger partial charge < -0.3 is 10.6 Å². The molecule has 0 aliphatic carbocycles. The molecule has 0 radical (unpaired) electrons. The quantitative estimate of drug-likeness (QED) is 0.594. The van der Waals surface area contributed by atoms with E-state index in [1.54, 1.807) is 66.7 Å². The highest BCUT2D eigenvalue weighted by molar-refractivity contribution is 7.89. The molecule has 1 atom stereocenters. The Morgan fingerprint density at radius 2 is 1.45 bits per heavy atom. The number of hydrogen-bond acceptors (Lipinski definition) is 4. The maximum Gasteiger partial charge on any atom is 0.252 e. The number of carbonyl (C=O) groups excluding carboxylic acids is 2. The summed E-state index contributed by atoms with van der Waals surface area (Å²) in [6.07, 6.45) is 0. The fourth-order valence-electron chi connectivity index (χ4n) is 2.91. The van der Waals surface area contributed by atoms with Crippen LogP contribution >= 0.6 is 0 Å². The van der Waals surface area contributed by atoms with Gasteiger partial charge in [0.05, 0.1) is 4.90 Å². The number of amides is 2. The van der Waals surface area contributed by atoms with E-state index in [1.807, 2.05) is 6.07 Å². The molecule has 0 aliphatic rings. The van der Waals surface area contributed by atoms with Gasteiger partial charge in [0.2, 0.25) is 10.0 Å². The summed E-state index contributed by atoms with van der Waals surface area (Å²) in [4.78, 5) is 25.8. The van der Waals surface area contributed by atoms with Gasteiger partial charge >= 0.3 is 0 Å². The standard InChI is InChI=1S/C23H23N3O4S/c1-26(2)31(29,30)20-15-9-14-19(16-20)24-23(28)21(17-10-5-3-6-11-17)25-22(27)18-12-7-4-8-13-18/h3-16,21H,1-2H3,(H,24,28)(H,25,27). The molecule has 3 aromatic rings. The second-order valence-corrected chi connectivity index (χ2v) is 9.14. The molecule has 0 aromatic heterocycles. The summed E-state index contributed by atoms with van der Waals surface area (Å²) in [5, 5.41) is 5.47. The van der Waals surface area contributed by atoms with Crippen LogP contribution in [0, 0.1) is 0 Å². The highest BCUT2D eigenvalue weighted by Gasteiger charge is 2.24. The number of anilines is 1. The summed E-state index contributed by atoms with van der Waals surface area (Å²) in [7, 11) is -0.779. The largest absolute Gasteiger partial charge is 0.336 e. The molecule has 2 N–H and O–H groups in total. The zero-order valence-electron chi connectivity index (χ0n) is 17.1. The van der Waals surface area contributed by atoms with Gasteiger partial charge in [-0.1, -0.05) is 54.6 Å². The first-order valence-electron chi connectivity index (χ1n) is 9.53. The van der Waals surface area contributed by atoms with Crippen LogP contribution in [0.5, 0.6) is 0 Å². The Balaban J connectivity index is 1.87. The summed E-state index contributed by atoms with van der Waals surface area (Å²) in [6, 6.07) is 22.4. The van der Waals surface area contributed by atoms with E-state index in [0.717, 1.165) is 4.31 Å². The van der Waals surface area contributed by atoms with Crippen molar-refractivity contribution in [2.45, 2.75) is 10.9 Å². The molecule has 0 heterocycles. The van der Waals surface area contributed by atoms with Crippen molar-refractivity contribution in [1.82, 2.24) is 9.62 Å². The predicted octanol–water partition coefficient (Wildman–Crippen LogP) is 3.05. The van der Waals surface area contributed by atoms with Crippen LogP contribution in [0.4, 0.5) is 5.69 Å². The molecule has 3 aromatic carbocycles. The van der Waals surface area contributed by atoms with E-state index >= 15 is 0 Å². The molecular formula is C23H23N3O4S. The summed E-state index contributed by atoms with van der Waals surface area (Å²) in [6.45, 7) is 0. The van der Waals surface area contributed by atoms with Crippen molar-refractivity contribution in [1.29, 1.82) is 0 Å². The van der Waals surface area contributed by atoms with Crippen LogP contribution in [-0.2, 0) is 14.8 Å². The highest BCUT2D eigenvalue weighted by atomic mass is 32.2. The number of carbonyl (C=O) groups is 2. The van der Waals surface area contributed by atoms with Gasteiger partial charge in [-0.15, -0.1) is 0 Å². The molecule has 31 heavy (non-hydrogen) atoms. The Labute approximate surface area is 181 Å².